The Labute approximate surface area is 142 Å². The van der Waals surface area contributed by atoms with Crippen molar-refractivity contribution in [2.24, 2.45) is 0 Å². The van der Waals surface area contributed by atoms with E-state index in [4.69, 9.17) is 15.6 Å². The highest BCUT2D eigenvalue weighted by Gasteiger charge is 2.17. The van der Waals surface area contributed by atoms with E-state index in [0.717, 1.165) is 29.6 Å². The van der Waals surface area contributed by atoms with Gasteiger partial charge in [0.05, 0.1) is 12.1 Å². The Bertz CT molecular complexity index is 770. The molecule has 7 nitrogen and oxygen atoms in total. The maximum Gasteiger partial charge on any atom is 0.371 e. The molecule has 9 heteroatoms. The lowest BCUT2D eigenvalue weighted by Crippen LogP contribution is -2.47. The molecular weight excluding hydrogens is 334 g/mol. The monoisotopic (exact) mass is 352 g/mol. The van der Waals surface area contributed by atoms with E-state index in [0.29, 0.717) is 18.9 Å². The zero-order chi connectivity index (χ0) is 18.4. The number of amides is 1. The number of anilines is 1. The molecule has 4 N–H and O–H groups in total. The number of carboxylic acid groups (broad SMARTS) is 1. The van der Waals surface area contributed by atoms with E-state index in [1.807, 2.05) is 23.1 Å². The quantitative estimate of drug-likeness (QED) is 0.763. The molecule has 2 heterocycles. The van der Waals surface area contributed by atoms with Gasteiger partial charge in [0.1, 0.15) is 5.82 Å². The maximum absolute atomic E-state index is 11.7. The van der Waals surface area contributed by atoms with Crippen molar-refractivity contribution in [3.05, 3.63) is 35.9 Å². The number of nitrogens with one attached hydrogen (secondary N) is 1. The summed E-state index contributed by atoms with van der Waals surface area (Å²) in [4.78, 5) is 26.8. The second-order valence-electron chi connectivity index (χ2n) is 5.39. The molecule has 0 spiro atoms. The second-order valence-corrected chi connectivity index (χ2v) is 5.39. The van der Waals surface area contributed by atoms with Gasteiger partial charge in [-0.1, -0.05) is 6.07 Å². The fourth-order valence-corrected chi connectivity index (χ4v) is 2.32. The topological polar surface area (TPSA) is 109 Å². The van der Waals surface area contributed by atoms with Crippen LogP contribution >= 0.6 is 0 Å². The molecule has 0 unspecified atom stereocenters. The summed E-state index contributed by atoms with van der Waals surface area (Å²) in [6.07, 6.45) is -3.23. The van der Waals surface area contributed by atoms with Gasteiger partial charge in [-0.3, -0.25) is 4.79 Å². The lowest BCUT2D eigenvalue weighted by molar-refractivity contribution is -0.149. The molecule has 0 aliphatic carbocycles. The Balaban J connectivity index is 0.000000326. The first-order valence-corrected chi connectivity index (χ1v) is 7.51. The smallest absolute Gasteiger partial charge is 0.371 e. The number of nitrogen functional groups attached to an aromatic ring is 1. The predicted octanol–water partition coefficient (Wildman–Crippen LogP) is 1.08. The Hall–Kier alpha value is -2.81. The van der Waals surface area contributed by atoms with Crippen molar-refractivity contribution in [3.8, 4) is 0 Å². The minimum absolute atomic E-state index is 0.154. The number of fused-ring (bicyclic) bond motifs is 1. The zero-order valence-electron chi connectivity index (χ0n) is 13.3. The van der Waals surface area contributed by atoms with Crippen molar-refractivity contribution < 1.29 is 23.5 Å². The molecule has 2 aromatic rings. The minimum atomic E-state index is -3.23. The van der Waals surface area contributed by atoms with Gasteiger partial charge in [-0.2, -0.15) is 8.78 Å². The molecule has 0 atom stereocenters. The number of rotatable bonds is 3. The van der Waals surface area contributed by atoms with Crippen molar-refractivity contribution >= 4 is 28.6 Å². The number of aliphatic carboxylic acids is 1. The van der Waals surface area contributed by atoms with Gasteiger partial charge < -0.3 is 21.1 Å². The third kappa shape index (κ3) is 5.35. The van der Waals surface area contributed by atoms with Gasteiger partial charge in [-0.05, 0) is 29.8 Å². The largest absolute Gasteiger partial charge is 0.477 e. The number of pyridine rings is 1. The number of benzene rings is 1. The van der Waals surface area contributed by atoms with Crippen molar-refractivity contribution in [2.45, 2.75) is 13.0 Å². The molecule has 1 amide bonds. The lowest BCUT2D eigenvalue weighted by Gasteiger charge is -2.27. The molecule has 0 saturated carbocycles. The third-order valence-corrected chi connectivity index (χ3v) is 3.52. The molecule has 3 rings (SSSR count). The van der Waals surface area contributed by atoms with E-state index in [9.17, 15) is 13.6 Å². The third-order valence-electron chi connectivity index (χ3n) is 3.52. The maximum atomic E-state index is 11.7. The molecule has 0 radical (unpaired) electrons. The predicted molar refractivity (Wildman–Crippen MR) is 88.1 cm³/mol. The van der Waals surface area contributed by atoms with Gasteiger partial charge in [-0.15, -0.1) is 0 Å². The number of aromatic nitrogens is 1. The molecule has 1 aromatic heterocycles. The number of piperazine rings is 1. The first-order valence-electron chi connectivity index (χ1n) is 7.51. The van der Waals surface area contributed by atoms with Gasteiger partial charge in [0, 0.05) is 25.0 Å². The first-order chi connectivity index (χ1) is 11.9. The summed E-state index contributed by atoms with van der Waals surface area (Å²) in [5.41, 5.74) is 7.66. The number of carbonyl (C=O) groups is 2. The van der Waals surface area contributed by atoms with Crippen LogP contribution in [0.15, 0.2) is 30.3 Å². The highest BCUT2D eigenvalue weighted by atomic mass is 19.3. The highest BCUT2D eigenvalue weighted by Crippen LogP contribution is 2.17. The molecule has 1 aliphatic rings. The standard InChI is InChI=1S/C14H16N4O.C2H2F2O2/c15-13-4-2-11-7-10(1-3-12(11)17-13)9-18-6-5-16-8-14(18)19;3-1(4)2(5)6/h1-4,7,16H,5-6,8-9H2,(H2,15,17);1H,(H,5,6). The van der Waals surface area contributed by atoms with Crippen LogP contribution in [0, 0.1) is 0 Å². The van der Waals surface area contributed by atoms with Gasteiger partial charge in [0.25, 0.3) is 0 Å². The Morgan fingerprint density at radius 2 is 2.08 bits per heavy atom. The highest BCUT2D eigenvalue weighted by molar-refractivity contribution is 5.81. The van der Waals surface area contributed by atoms with Gasteiger partial charge in [0.2, 0.25) is 5.91 Å². The number of nitrogens with two attached hydrogens (primary N) is 1. The summed E-state index contributed by atoms with van der Waals surface area (Å²) >= 11 is 0. The second kappa shape index (κ2) is 8.34. The number of carbonyl (C=O) groups excluding carboxylic acids is 1. The molecular formula is C16H18F2N4O3. The van der Waals surface area contributed by atoms with Gasteiger partial charge >= 0.3 is 12.4 Å². The van der Waals surface area contributed by atoms with Crippen LogP contribution in [-0.4, -0.2) is 52.9 Å². The Morgan fingerprint density at radius 1 is 1.36 bits per heavy atom. The zero-order valence-corrected chi connectivity index (χ0v) is 13.3. The van der Waals surface area contributed by atoms with Crippen LogP contribution in [0.1, 0.15) is 5.56 Å². The van der Waals surface area contributed by atoms with Crippen molar-refractivity contribution in [2.75, 3.05) is 25.4 Å². The summed E-state index contributed by atoms with van der Waals surface area (Å²) in [7, 11) is 0. The van der Waals surface area contributed by atoms with E-state index in [1.54, 1.807) is 6.07 Å². The van der Waals surface area contributed by atoms with E-state index in [-0.39, 0.29) is 5.91 Å². The van der Waals surface area contributed by atoms with E-state index in [2.05, 4.69) is 16.4 Å². The fraction of sp³-hybridized carbons (Fsp3) is 0.312. The van der Waals surface area contributed by atoms with E-state index < -0.39 is 12.4 Å². The van der Waals surface area contributed by atoms with Crippen LogP contribution in [0.25, 0.3) is 10.9 Å². The molecule has 0 bridgehead atoms. The van der Waals surface area contributed by atoms with Gasteiger partial charge in [0.15, 0.2) is 0 Å². The molecule has 25 heavy (non-hydrogen) atoms. The minimum Gasteiger partial charge on any atom is -0.477 e. The molecule has 1 saturated heterocycles. The van der Waals surface area contributed by atoms with Crippen LogP contribution in [0.5, 0.6) is 0 Å². The van der Waals surface area contributed by atoms with E-state index >= 15 is 0 Å². The Kier molecular flexibility index (Phi) is 6.18. The van der Waals surface area contributed by atoms with Crippen LogP contribution < -0.4 is 11.1 Å². The average Bonchev–Trinajstić information content (AvgIpc) is 2.57. The number of hydrogen-bond donors (Lipinski definition) is 3. The number of hydrogen-bond acceptors (Lipinski definition) is 5. The number of alkyl halides is 2. The lowest BCUT2D eigenvalue weighted by atomic mass is 10.1. The molecule has 134 valence electrons. The van der Waals surface area contributed by atoms with Crippen molar-refractivity contribution in [1.82, 2.24) is 15.2 Å². The van der Waals surface area contributed by atoms with Crippen LogP contribution in [0.2, 0.25) is 0 Å². The summed E-state index contributed by atoms with van der Waals surface area (Å²) in [5.74, 6) is -1.39. The fourth-order valence-electron chi connectivity index (χ4n) is 2.32. The van der Waals surface area contributed by atoms with Crippen LogP contribution in [0.4, 0.5) is 14.6 Å². The summed E-state index contributed by atoms with van der Waals surface area (Å²) < 4.78 is 21.1. The van der Waals surface area contributed by atoms with E-state index in [1.165, 1.54) is 0 Å². The van der Waals surface area contributed by atoms with Crippen LogP contribution in [-0.2, 0) is 16.1 Å². The summed E-state index contributed by atoms with van der Waals surface area (Å²) in [6, 6.07) is 9.78. The van der Waals surface area contributed by atoms with Gasteiger partial charge in [-0.25, -0.2) is 9.78 Å². The molecule has 1 aromatic carbocycles. The normalized spacial score (nSPS) is 14.4. The molecule has 1 aliphatic heterocycles. The van der Waals surface area contributed by atoms with Crippen molar-refractivity contribution in [1.29, 1.82) is 0 Å². The first kappa shape index (κ1) is 18.5. The van der Waals surface area contributed by atoms with Crippen LogP contribution in [0.3, 0.4) is 0 Å². The van der Waals surface area contributed by atoms with Crippen molar-refractivity contribution in [3.63, 3.8) is 0 Å². The number of halogens is 2. The number of nitrogens with zero attached hydrogens (tertiary/aromatic N) is 2. The summed E-state index contributed by atoms with van der Waals surface area (Å²) in [6.45, 7) is 2.71. The average molecular weight is 352 g/mol. The Morgan fingerprint density at radius 3 is 2.72 bits per heavy atom. The SMILES string of the molecule is Nc1ccc2cc(CN3CCNCC3=O)ccc2n1.O=C(O)C(F)F. The number of carboxylic acids is 1. The molecule has 1 fully saturated rings. The summed E-state index contributed by atoms with van der Waals surface area (Å²) in [5, 5.41) is 11.4.